The molecule has 0 bridgehead atoms. The highest BCUT2D eigenvalue weighted by Crippen LogP contribution is 2.43. The molecule has 1 atom stereocenters. The fraction of sp³-hybridized carbons (Fsp3) is 0.243. The molecular formula is C37H34Cl2N6O4. The third kappa shape index (κ3) is 6.47. The van der Waals surface area contributed by atoms with Crippen LogP contribution < -0.4 is 21.1 Å². The average Bonchev–Trinajstić information content (AvgIpc) is 3.44. The van der Waals surface area contributed by atoms with Crippen LogP contribution >= 0.6 is 23.2 Å². The van der Waals surface area contributed by atoms with Gasteiger partial charge in [-0.2, -0.15) is 0 Å². The van der Waals surface area contributed by atoms with Gasteiger partial charge in [-0.25, -0.2) is 9.78 Å². The molecule has 2 amide bonds. The lowest BCUT2D eigenvalue weighted by molar-refractivity contribution is -0.119. The minimum Gasteiger partial charge on any atom is -0.465 e. The summed E-state index contributed by atoms with van der Waals surface area (Å²) in [5.41, 5.74) is 7.64. The average molecular weight is 698 g/mol. The first kappa shape index (κ1) is 32.6. The van der Waals surface area contributed by atoms with Gasteiger partial charge in [-0.1, -0.05) is 71.7 Å². The van der Waals surface area contributed by atoms with Crippen LogP contribution in [0, 0.1) is 0 Å². The van der Waals surface area contributed by atoms with Gasteiger partial charge in [0, 0.05) is 91.6 Å². The molecule has 3 aromatic carbocycles. The van der Waals surface area contributed by atoms with Crippen molar-refractivity contribution < 1.29 is 14.7 Å². The molecule has 0 aliphatic carbocycles. The van der Waals surface area contributed by atoms with E-state index >= 15 is 0 Å². The summed E-state index contributed by atoms with van der Waals surface area (Å²) >= 11 is 14.2. The van der Waals surface area contributed by atoms with E-state index in [1.807, 2.05) is 67.7 Å². The van der Waals surface area contributed by atoms with Gasteiger partial charge in [0.05, 0.1) is 16.6 Å². The number of carbonyl (C=O) groups is 2. The fourth-order valence-corrected chi connectivity index (χ4v) is 7.27. The molecule has 1 fully saturated rings. The van der Waals surface area contributed by atoms with Crippen LogP contribution in [0.5, 0.6) is 0 Å². The Labute approximate surface area is 292 Å². The van der Waals surface area contributed by atoms with E-state index in [0.717, 1.165) is 51.1 Å². The van der Waals surface area contributed by atoms with E-state index in [2.05, 4.69) is 26.6 Å². The van der Waals surface area contributed by atoms with Crippen molar-refractivity contribution in [2.45, 2.75) is 32.0 Å². The van der Waals surface area contributed by atoms with Crippen LogP contribution in [0.25, 0.3) is 39.0 Å². The number of aromatic nitrogens is 2. The molecule has 2 aliphatic heterocycles. The number of hydrogen-bond acceptors (Lipinski definition) is 6. The van der Waals surface area contributed by atoms with Crippen molar-refractivity contribution >= 4 is 46.5 Å². The molecule has 0 radical (unpaired) electrons. The fourth-order valence-electron chi connectivity index (χ4n) is 6.60. The summed E-state index contributed by atoms with van der Waals surface area (Å²) in [4.78, 5) is 44.4. The smallest absolute Gasteiger partial charge is 0.407 e. The number of amides is 2. The Balaban J connectivity index is 1.16. The molecule has 7 rings (SSSR count). The SMILES string of the molecule is CN1CCN(C(=O)O)Cc2ccc(-c3cccc(-c4cccc(-c5ccn6c(=O)c(CNC[C@@H]7CCC(=O)N7)cnc6c5)c4Cl)c3Cl)cc21. The maximum Gasteiger partial charge on any atom is 0.407 e. The number of anilines is 1. The Morgan fingerprint density at radius 3 is 2.33 bits per heavy atom. The summed E-state index contributed by atoms with van der Waals surface area (Å²) in [6, 6.07) is 21.4. The van der Waals surface area contributed by atoms with Gasteiger partial charge in [-0.3, -0.25) is 14.0 Å². The van der Waals surface area contributed by atoms with E-state index in [1.165, 1.54) is 9.30 Å². The van der Waals surface area contributed by atoms with Gasteiger partial charge in [0.1, 0.15) is 5.65 Å². The zero-order valence-corrected chi connectivity index (χ0v) is 28.3. The number of carboxylic acid groups (broad SMARTS) is 1. The molecule has 1 saturated heterocycles. The number of carbonyl (C=O) groups excluding carboxylic acids is 1. The van der Waals surface area contributed by atoms with Crippen LogP contribution in [-0.2, 0) is 17.9 Å². The van der Waals surface area contributed by atoms with Gasteiger partial charge in [-0.15, -0.1) is 0 Å². The predicted molar refractivity (Wildman–Crippen MR) is 192 cm³/mol. The number of pyridine rings is 1. The zero-order chi connectivity index (χ0) is 34.2. The standard InChI is InChI=1S/C37H34Cl2N6O4/c1-43-14-15-44(37(48)49)21-24-9-8-22(16-31(24)43)27-4-2-6-29(34(27)38)30-7-3-5-28(35(30)39)23-12-13-45-32(17-23)41-19-25(36(45)47)18-40-20-26-10-11-33(46)42-26/h2-9,12-13,16-17,19,26,40H,10-11,14-15,18,20-21H2,1H3,(H,42,46)(H,48,49)/t26-/m0/s1. The Hall–Kier alpha value is -4.90. The highest BCUT2D eigenvalue weighted by Gasteiger charge is 2.23. The largest absolute Gasteiger partial charge is 0.465 e. The molecule has 4 heterocycles. The number of rotatable bonds is 7. The van der Waals surface area contributed by atoms with E-state index in [9.17, 15) is 19.5 Å². The van der Waals surface area contributed by atoms with Crippen LogP contribution in [0.15, 0.2) is 83.9 Å². The lowest BCUT2D eigenvalue weighted by Gasteiger charge is -2.20. The maximum absolute atomic E-state index is 13.2. The number of fused-ring (bicyclic) bond motifs is 2. The molecule has 5 aromatic rings. The Morgan fingerprint density at radius 1 is 0.959 bits per heavy atom. The lowest BCUT2D eigenvalue weighted by atomic mass is 9.95. The van der Waals surface area contributed by atoms with E-state index in [-0.39, 0.29) is 17.5 Å². The van der Waals surface area contributed by atoms with Crippen LogP contribution in [0.4, 0.5) is 10.5 Å². The van der Waals surface area contributed by atoms with Crippen molar-refractivity contribution in [1.29, 1.82) is 0 Å². The van der Waals surface area contributed by atoms with E-state index in [1.54, 1.807) is 12.4 Å². The minimum atomic E-state index is -0.931. The topological polar surface area (TPSA) is 119 Å². The molecule has 0 saturated carbocycles. The van der Waals surface area contributed by atoms with Crippen molar-refractivity contribution in [2.24, 2.45) is 0 Å². The van der Waals surface area contributed by atoms with Crippen LogP contribution in [0.1, 0.15) is 24.0 Å². The summed E-state index contributed by atoms with van der Waals surface area (Å²) in [5, 5.41) is 16.8. The van der Waals surface area contributed by atoms with Crippen molar-refractivity contribution in [3.8, 4) is 33.4 Å². The molecule has 2 aliphatic rings. The van der Waals surface area contributed by atoms with Crippen molar-refractivity contribution in [2.75, 3.05) is 31.6 Å². The number of nitrogens with zero attached hydrogens (tertiary/aromatic N) is 4. The third-order valence-electron chi connectivity index (χ3n) is 9.32. The van der Waals surface area contributed by atoms with Gasteiger partial charge in [0.15, 0.2) is 0 Å². The van der Waals surface area contributed by atoms with Crippen LogP contribution in [0.2, 0.25) is 10.0 Å². The molecule has 49 heavy (non-hydrogen) atoms. The monoisotopic (exact) mass is 696 g/mol. The number of nitrogens with one attached hydrogen (secondary N) is 2. The molecule has 250 valence electrons. The molecule has 0 unspecified atom stereocenters. The van der Waals surface area contributed by atoms with Crippen molar-refractivity contribution in [1.82, 2.24) is 24.9 Å². The Morgan fingerprint density at radius 2 is 1.65 bits per heavy atom. The summed E-state index contributed by atoms with van der Waals surface area (Å²) in [6.45, 7) is 2.27. The molecule has 10 nitrogen and oxygen atoms in total. The van der Waals surface area contributed by atoms with Crippen LogP contribution in [-0.4, -0.2) is 64.1 Å². The quantitative estimate of drug-likeness (QED) is 0.183. The highest BCUT2D eigenvalue weighted by atomic mass is 35.5. The second-order valence-corrected chi connectivity index (χ2v) is 13.2. The molecule has 3 N–H and O–H groups in total. The third-order valence-corrected chi connectivity index (χ3v) is 10.1. The highest BCUT2D eigenvalue weighted by molar-refractivity contribution is 6.39. The number of likely N-dealkylation sites (N-methyl/N-ethyl adjacent to an activating group) is 1. The second-order valence-electron chi connectivity index (χ2n) is 12.5. The molecule has 2 aromatic heterocycles. The van der Waals surface area contributed by atoms with Gasteiger partial charge >= 0.3 is 6.09 Å². The normalized spacial score (nSPS) is 16.1. The first-order valence-electron chi connectivity index (χ1n) is 16.1. The molecule has 0 spiro atoms. The first-order valence-corrected chi connectivity index (χ1v) is 16.8. The van der Waals surface area contributed by atoms with Crippen LogP contribution in [0.3, 0.4) is 0 Å². The van der Waals surface area contributed by atoms with E-state index in [4.69, 9.17) is 23.2 Å². The zero-order valence-electron chi connectivity index (χ0n) is 26.7. The van der Waals surface area contributed by atoms with Crippen molar-refractivity contribution in [3.63, 3.8) is 0 Å². The summed E-state index contributed by atoms with van der Waals surface area (Å²) in [5.74, 6) is 0.0598. The number of halogens is 2. The van der Waals surface area contributed by atoms with Gasteiger partial charge in [0.25, 0.3) is 5.56 Å². The van der Waals surface area contributed by atoms with Gasteiger partial charge in [0.2, 0.25) is 5.91 Å². The maximum atomic E-state index is 13.2. The Bertz CT molecular complexity index is 2170. The lowest BCUT2D eigenvalue weighted by Crippen LogP contribution is -2.36. The second kappa shape index (κ2) is 13.5. The molecule has 12 heteroatoms. The summed E-state index contributed by atoms with van der Waals surface area (Å²) in [7, 11) is 1.97. The van der Waals surface area contributed by atoms with E-state index < -0.39 is 6.09 Å². The predicted octanol–water partition coefficient (Wildman–Crippen LogP) is 6.30. The minimum absolute atomic E-state index is 0.0598. The first-order chi connectivity index (χ1) is 23.7. The Kier molecular flexibility index (Phi) is 9.02. The van der Waals surface area contributed by atoms with Gasteiger partial charge in [-0.05, 0) is 41.3 Å². The van der Waals surface area contributed by atoms with E-state index in [0.29, 0.717) is 60.4 Å². The van der Waals surface area contributed by atoms with Gasteiger partial charge < -0.3 is 25.5 Å². The summed E-state index contributed by atoms with van der Waals surface area (Å²) < 4.78 is 1.52. The molecular weight excluding hydrogens is 663 g/mol. The number of benzene rings is 3. The summed E-state index contributed by atoms with van der Waals surface area (Å²) in [6.07, 6.45) is 3.69. The van der Waals surface area contributed by atoms with Crippen molar-refractivity contribution in [3.05, 3.63) is 111 Å². The number of hydrogen-bond donors (Lipinski definition) is 3.